The fourth-order valence-electron chi connectivity index (χ4n) is 1.32. The molecule has 0 unspecified atom stereocenters. The molecule has 0 atom stereocenters. The van der Waals surface area contributed by atoms with Crippen molar-refractivity contribution in [2.75, 3.05) is 0 Å². The molecule has 0 bridgehead atoms. The van der Waals surface area contributed by atoms with Gasteiger partial charge in [0, 0.05) is 0 Å². The standard InChI is InChI=1S/C11H4BrF2NO/c12-10-9(8-2-1-3-16-8)7(13)4-6(5-15)11(10)14/h1-4H. The summed E-state index contributed by atoms with van der Waals surface area (Å²) in [6.07, 6.45) is 1.36. The van der Waals surface area contributed by atoms with Crippen LogP contribution in [0.2, 0.25) is 0 Å². The predicted molar refractivity (Wildman–Crippen MR) is 56.5 cm³/mol. The van der Waals surface area contributed by atoms with E-state index >= 15 is 0 Å². The molecule has 0 amide bonds. The zero-order chi connectivity index (χ0) is 11.7. The van der Waals surface area contributed by atoms with E-state index in [0.717, 1.165) is 6.07 Å². The molecule has 80 valence electrons. The van der Waals surface area contributed by atoms with E-state index in [1.807, 2.05) is 0 Å². The number of hydrogen-bond donors (Lipinski definition) is 0. The van der Waals surface area contributed by atoms with Gasteiger partial charge < -0.3 is 4.42 Å². The van der Waals surface area contributed by atoms with Crippen molar-refractivity contribution in [2.24, 2.45) is 0 Å². The Kier molecular flexibility index (Phi) is 2.75. The van der Waals surface area contributed by atoms with E-state index in [-0.39, 0.29) is 21.4 Å². The van der Waals surface area contributed by atoms with Gasteiger partial charge in [0.25, 0.3) is 0 Å². The summed E-state index contributed by atoms with van der Waals surface area (Å²) in [5, 5.41) is 8.59. The minimum absolute atomic E-state index is 0.0264. The Morgan fingerprint density at radius 1 is 1.38 bits per heavy atom. The molecule has 0 radical (unpaired) electrons. The van der Waals surface area contributed by atoms with Crippen LogP contribution in [0.5, 0.6) is 0 Å². The zero-order valence-electron chi connectivity index (χ0n) is 7.80. The van der Waals surface area contributed by atoms with Crippen LogP contribution in [0.4, 0.5) is 8.78 Å². The van der Waals surface area contributed by atoms with Gasteiger partial charge in [-0.1, -0.05) is 0 Å². The lowest BCUT2D eigenvalue weighted by Crippen LogP contribution is -1.93. The number of benzene rings is 1. The normalized spacial score (nSPS) is 10.1. The van der Waals surface area contributed by atoms with Gasteiger partial charge in [0.05, 0.1) is 21.9 Å². The van der Waals surface area contributed by atoms with Gasteiger partial charge in [-0.25, -0.2) is 8.78 Å². The minimum atomic E-state index is -0.796. The van der Waals surface area contributed by atoms with Crippen LogP contribution in [0.25, 0.3) is 11.3 Å². The van der Waals surface area contributed by atoms with E-state index in [9.17, 15) is 8.78 Å². The quantitative estimate of drug-likeness (QED) is 0.745. The Morgan fingerprint density at radius 2 is 2.12 bits per heavy atom. The number of nitrogens with zero attached hydrogens (tertiary/aromatic N) is 1. The first kappa shape index (κ1) is 10.8. The molecule has 16 heavy (non-hydrogen) atoms. The topological polar surface area (TPSA) is 36.9 Å². The number of hydrogen-bond acceptors (Lipinski definition) is 2. The van der Waals surface area contributed by atoms with Crippen LogP contribution in [0.1, 0.15) is 5.56 Å². The molecule has 0 saturated carbocycles. The van der Waals surface area contributed by atoms with E-state index in [1.165, 1.54) is 12.3 Å². The number of halogens is 3. The molecule has 2 nitrogen and oxygen atoms in total. The fraction of sp³-hybridized carbons (Fsp3) is 0. The Hall–Kier alpha value is -1.67. The fourth-order valence-corrected chi connectivity index (χ4v) is 1.92. The Balaban J connectivity index is 2.74. The Morgan fingerprint density at radius 3 is 2.69 bits per heavy atom. The molecule has 0 aliphatic carbocycles. The largest absolute Gasteiger partial charge is 0.464 e. The van der Waals surface area contributed by atoms with Crippen molar-refractivity contribution >= 4 is 15.9 Å². The van der Waals surface area contributed by atoms with Crippen LogP contribution in [0.15, 0.2) is 33.4 Å². The van der Waals surface area contributed by atoms with E-state index < -0.39 is 11.6 Å². The maximum absolute atomic E-state index is 13.6. The third kappa shape index (κ3) is 1.61. The van der Waals surface area contributed by atoms with Crippen molar-refractivity contribution in [3.63, 3.8) is 0 Å². The molecule has 1 aromatic heterocycles. The SMILES string of the molecule is N#Cc1cc(F)c(-c2ccco2)c(Br)c1F. The third-order valence-corrected chi connectivity index (χ3v) is 2.79. The van der Waals surface area contributed by atoms with Crippen molar-refractivity contribution in [1.82, 2.24) is 0 Å². The molecule has 5 heteroatoms. The van der Waals surface area contributed by atoms with Gasteiger partial charge in [0.15, 0.2) is 5.82 Å². The van der Waals surface area contributed by atoms with Gasteiger partial charge in [-0.05, 0) is 34.1 Å². The predicted octanol–water partition coefficient (Wildman–Crippen LogP) is 3.86. The van der Waals surface area contributed by atoms with Crippen LogP contribution >= 0.6 is 15.9 Å². The molecular formula is C11H4BrF2NO. The van der Waals surface area contributed by atoms with Crippen LogP contribution in [-0.2, 0) is 0 Å². The van der Waals surface area contributed by atoms with Crippen molar-refractivity contribution < 1.29 is 13.2 Å². The van der Waals surface area contributed by atoms with E-state index in [4.69, 9.17) is 9.68 Å². The van der Waals surface area contributed by atoms with Gasteiger partial charge in [-0.2, -0.15) is 5.26 Å². The summed E-state index contributed by atoms with van der Waals surface area (Å²) in [6, 6.07) is 5.49. The maximum atomic E-state index is 13.6. The highest BCUT2D eigenvalue weighted by molar-refractivity contribution is 9.10. The molecule has 0 aliphatic heterocycles. The van der Waals surface area contributed by atoms with Crippen LogP contribution < -0.4 is 0 Å². The summed E-state index contributed by atoms with van der Waals surface area (Å²) in [7, 11) is 0. The van der Waals surface area contributed by atoms with Crippen molar-refractivity contribution in [3.8, 4) is 17.4 Å². The van der Waals surface area contributed by atoms with Crippen molar-refractivity contribution in [2.45, 2.75) is 0 Å². The second-order valence-corrected chi connectivity index (χ2v) is 3.79. The van der Waals surface area contributed by atoms with Gasteiger partial charge in [0.1, 0.15) is 17.6 Å². The van der Waals surface area contributed by atoms with Crippen LogP contribution in [0, 0.1) is 23.0 Å². The lowest BCUT2D eigenvalue weighted by Gasteiger charge is -2.05. The lowest BCUT2D eigenvalue weighted by atomic mass is 10.1. The molecule has 0 aliphatic rings. The first-order valence-corrected chi connectivity index (χ1v) is 5.06. The highest BCUT2D eigenvalue weighted by atomic mass is 79.9. The summed E-state index contributed by atoms with van der Waals surface area (Å²) in [4.78, 5) is 0. The number of nitriles is 1. The summed E-state index contributed by atoms with van der Waals surface area (Å²) < 4.78 is 32.1. The van der Waals surface area contributed by atoms with Gasteiger partial charge in [0.2, 0.25) is 0 Å². The Labute approximate surface area is 98.2 Å². The highest BCUT2D eigenvalue weighted by Gasteiger charge is 2.19. The van der Waals surface area contributed by atoms with Crippen molar-refractivity contribution in [1.29, 1.82) is 5.26 Å². The Bertz CT molecular complexity index is 573. The minimum Gasteiger partial charge on any atom is -0.464 e. The monoisotopic (exact) mass is 283 g/mol. The van der Waals surface area contributed by atoms with E-state index in [0.29, 0.717) is 0 Å². The molecule has 1 heterocycles. The van der Waals surface area contributed by atoms with Crippen LogP contribution in [-0.4, -0.2) is 0 Å². The molecule has 1 aromatic carbocycles. The molecule has 0 spiro atoms. The molecular weight excluding hydrogens is 280 g/mol. The van der Waals surface area contributed by atoms with Gasteiger partial charge in [-0.3, -0.25) is 0 Å². The third-order valence-electron chi connectivity index (χ3n) is 2.05. The number of rotatable bonds is 1. The second-order valence-electron chi connectivity index (χ2n) is 3.00. The first-order valence-electron chi connectivity index (χ1n) is 4.26. The summed E-state index contributed by atoms with van der Waals surface area (Å²) >= 11 is 2.92. The average molecular weight is 284 g/mol. The zero-order valence-corrected chi connectivity index (χ0v) is 9.38. The summed E-state index contributed by atoms with van der Waals surface area (Å²) in [5.41, 5.74) is -0.374. The first-order chi connectivity index (χ1) is 7.65. The van der Waals surface area contributed by atoms with Crippen molar-refractivity contribution in [3.05, 3.63) is 46.1 Å². The highest BCUT2D eigenvalue weighted by Crippen LogP contribution is 2.34. The summed E-state index contributed by atoms with van der Waals surface area (Å²) in [6.45, 7) is 0. The van der Waals surface area contributed by atoms with E-state index in [1.54, 1.807) is 12.1 Å². The smallest absolute Gasteiger partial charge is 0.156 e. The molecule has 0 fully saturated rings. The molecule has 0 N–H and O–H groups in total. The van der Waals surface area contributed by atoms with Crippen LogP contribution in [0.3, 0.4) is 0 Å². The maximum Gasteiger partial charge on any atom is 0.156 e. The summed E-state index contributed by atoms with van der Waals surface area (Å²) in [5.74, 6) is -1.30. The molecule has 0 saturated heterocycles. The average Bonchev–Trinajstić information content (AvgIpc) is 2.77. The lowest BCUT2D eigenvalue weighted by molar-refractivity contribution is 0.560. The molecule has 2 aromatic rings. The second kappa shape index (κ2) is 4.06. The van der Waals surface area contributed by atoms with Gasteiger partial charge >= 0.3 is 0 Å². The van der Waals surface area contributed by atoms with Gasteiger partial charge in [-0.15, -0.1) is 0 Å². The molecule has 2 rings (SSSR count). The van der Waals surface area contributed by atoms with E-state index in [2.05, 4.69) is 15.9 Å². The number of furan rings is 1.